The number of benzene rings is 3. The number of unbranched alkanes of at least 4 members (excludes halogenated alkanes) is 11. The molecule has 0 heterocycles. The molecule has 3 aromatic rings. The van der Waals surface area contributed by atoms with Crippen LogP contribution in [0.15, 0.2) is 91.0 Å². The molecular formula is C35H51P. The van der Waals surface area contributed by atoms with E-state index in [-0.39, 0.29) is 0 Å². The summed E-state index contributed by atoms with van der Waals surface area (Å²) in [7, 11) is 0. The van der Waals surface area contributed by atoms with Crippen molar-refractivity contribution in [2.45, 2.75) is 97.3 Å². The third-order valence-corrected chi connectivity index (χ3v) is 15.7. The van der Waals surface area contributed by atoms with Gasteiger partial charge >= 0.3 is 210 Å². The quantitative estimate of drug-likeness (QED) is 0.120. The summed E-state index contributed by atoms with van der Waals surface area (Å²) in [4.78, 5) is 0. The summed E-state index contributed by atoms with van der Waals surface area (Å²) in [6.07, 6.45) is 20.6. The van der Waals surface area contributed by atoms with Crippen molar-refractivity contribution in [3.05, 3.63) is 91.0 Å². The van der Waals surface area contributed by atoms with Crippen molar-refractivity contribution in [2.24, 2.45) is 0 Å². The Morgan fingerprint density at radius 3 is 1.03 bits per heavy atom. The summed E-state index contributed by atoms with van der Waals surface area (Å²) in [6, 6.07) is 34.8. The Hall–Kier alpha value is -1.91. The van der Waals surface area contributed by atoms with E-state index in [1.165, 1.54) is 95.8 Å². The molecule has 0 radical (unpaired) electrons. The third-order valence-electron chi connectivity index (χ3n) is 8.36. The zero-order valence-corrected chi connectivity index (χ0v) is 24.1. The average molecular weight is 503 g/mol. The van der Waals surface area contributed by atoms with Crippen LogP contribution in [-0.2, 0) is 0 Å². The predicted molar refractivity (Wildman–Crippen MR) is 166 cm³/mol. The van der Waals surface area contributed by atoms with Gasteiger partial charge in [0, 0.05) is 0 Å². The van der Waals surface area contributed by atoms with E-state index in [0.29, 0.717) is 0 Å². The summed E-state index contributed by atoms with van der Waals surface area (Å²) in [5, 5.41) is 4.72. The monoisotopic (exact) mass is 502 g/mol. The van der Waals surface area contributed by atoms with Gasteiger partial charge in [0.25, 0.3) is 0 Å². The van der Waals surface area contributed by atoms with Gasteiger partial charge in [0.2, 0.25) is 0 Å². The second-order valence-corrected chi connectivity index (χ2v) is 16.3. The van der Waals surface area contributed by atoms with Gasteiger partial charge in [-0.05, 0) is 0 Å². The van der Waals surface area contributed by atoms with Crippen LogP contribution in [0.4, 0.5) is 0 Å². The van der Waals surface area contributed by atoms with Gasteiger partial charge in [0.15, 0.2) is 0 Å². The maximum absolute atomic E-state index is 2.59. The van der Waals surface area contributed by atoms with Crippen LogP contribution in [-0.4, -0.2) is 12.3 Å². The van der Waals surface area contributed by atoms with E-state index in [0.717, 1.165) is 0 Å². The van der Waals surface area contributed by atoms with E-state index in [1.54, 1.807) is 15.9 Å². The number of hydrogen-bond acceptors (Lipinski definition) is 0. The van der Waals surface area contributed by atoms with E-state index in [2.05, 4.69) is 105 Å². The van der Waals surface area contributed by atoms with Crippen molar-refractivity contribution < 1.29 is 0 Å². The van der Waals surface area contributed by atoms with Gasteiger partial charge in [0.1, 0.15) is 0 Å². The van der Waals surface area contributed by atoms with Gasteiger partial charge in [-0.3, -0.25) is 0 Å². The molecule has 0 fully saturated rings. The van der Waals surface area contributed by atoms with Gasteiger partial charge in [-0.2, -0.15) is 0 Å². The Balaban J connectivity index is 1.75. The zero-order chi connectivity index (χ0) is 25.4. The maximum atomic E-state index is 2.44. The van der Waals surface area contributed by atoms with Crippen LogP contribution < -0.4 is 15.9 Å². The second-order valence-electron chi connectivity index (χ2n) is 10.9. The summed E-state index contributed by atoms with van der Waals surface area (Å²) >= 11 is 0. The van der Waals surface area contributed by atoms with Crippen molar-refractivity contribution in [1.82, 2.24) is 0 Å². The fraction of sp³-hybridized carbons (Fsp3) is 0.486. The molecule has 36 heavy (non-hydrogen) atoms. The van der Waals surface area contributed by atoms with Crippen molar-refractivity contribution >= 4 is 22.5 Å². The van der Waals surface area contributed by atoms with Crippen molar-refractivity contribution in [2.75, 3.05) is 12.3 Å². The Morgan fingerprint density at radius 1 is 0.361 bits per heavy atom. The van der Waals surface area contributed by atoms with Crippen LogP contribution in [0.5, 0.6) is 0 Å². The van der Waals surface area contributed by atoms with Gasteiger partial charge in [-0.15, -0.1) is 0 Å². The first-order valence-electron chi connectivity index (χ1n) is 14.9. The normalized spacial score (nSPS) is 12.8. The molecule has 0 saturated heterocycles. The van der Waals surface area contributed by atoms with Crippen molar-refractivity contribution in [3.8, 4) is 0 Å². The van der Waals surface area contributed by atoms with Crippen LogP contribution in [0.3, 0.4) is 0 Å². The minimum absolute atomic E-state index is 1.20. The molecule has 0 aromatic heterocycles. The second kappa shape index (κ2) is 15.4. The molecule has 0 aliphatic carbocycles. The van der Waals surface area contributed by atoms with Crippen molar-refractivity contribution in [3.63, 3.8) is 0 Å². The predicted octanol–water partition coefficient (Wildman–Crippen LogP) is 9.63. The molecule has 0 aliphatic rings. The minimum atomic E-state index is -2.59. The number of hydrogen-bond donors (Lipinski definition) is 0. The van der Waals surface area contributed by atoms with Crippen molar-refractivity contribution in [1.29, 1.82) is 0 Å². The first-order chi connectivity index (χ1) is 17.8. The topological polar surface area (TPSA) is 0 Å². The van der Waals surface area contributed by atoms with Gasteiger partial charge < -0.3 is 0 Å². The molecule has 196 valence electrons. The molecule has 0 unspecified atom stereocenters. The van der Waals surface area contributed by atoms with E-state index < -0.39 is 6.60 Å². The Bertz CT molecular complexity index is 848. The third kappa shape index (κ3) is 6.89. The Labute approximate surface area is 222 Å². The molecule has 3 rings (SSSR count). The summed E-state index contributed by atoms with van der Waals surface area (Å²) in [5.41, 5.74) is 0. The molecule has 0 aliphatic heterocycles. The molecule has 0 saturated carbocycles. The van der Waals surface area contributed by atoms with Gasteiger partial charge in [-0.25, -0.2) is 0 Å². The molecule has 0 bridgehead atoms. The first-order valence-corrected chi connectivity index (χ1v) is 17.6. The fourth-order valence-electron chi connectivity index (χ4n) is 6.49. The van der Waals surface area contributed by atoms with Crippen LogP contribution in [0.2, 0.25) is 0 Å². The summed E-state index contributed by atoms with van der Waals surface area (Å²) in [6.45, 7) is 2.10. The molecule has 0 spiro atoms. The SMILES string of the molecule is CCCCCCCCCCCCCCP(CCC)(c1ccccc1)(c1ccccc1)c1ccccc1. The zero-order valence-electron chi connectivity index (χ0n) is 23.2. The Morgan fingerprint density at radius 2 is 0.694 bits per heavy atom. The summed E-state index contributed by atoms with van der Waals surface area (Å²) in [5.74, 6) is 0. The summed E-state index contributed by atoms with van der Waals surface area (Å²) < 4.78 is 0. The van der Waals surface area contributed by atoms with Crippen LogP contribution in [0.1, 0.15) is 97.3 Å². The van der Waals surface area contributed by atoms with E-state index in [1.807, 2.05) is 0 Å². The van der Waals surface area contributed by atoms with Crippen LogP contribution in [0.25, 0.3) is 0 Å². The molecule has 0 N–H and O–H groups in total. The molecule has 0 amide bonds. The fourth-order valence-corrected chi connectivity index (χ4v) is 13.7. The molecule has 3 aromatic carbocycles. The van der Waals surface area contributed by atoms with Crippen LogP contribution >= 0.6 is 6.60 Å². The molecule has 1 heteroatoms. The molecular weight excluding hydrogens is 451 g/mol. The molecule has 0 nitrogen and oxygen atoms in total. The Kier molecular flexibility index (Phi) is 12.2. The molecule has 0 atom stereocenters. The van der Waals surface area contributed by atoms with Gasteiger partial charge in [-0.1, -0.05) is 13.3 Å². The number of rotatable bonds is 18. The van der Waals surface area contributed by atoms with Crippen LogP contribution in [0, 0.1) is 0 Å². The average Bonchev–Trinajstić information content (AvgIpc) is 2.94. The van der Waals surface area contributed by atoms with Gasteiger partial charge in [0.05, 0.1) is 0 Å². The van der Waals surface area contributed by atoms with E-state index in [9.17, 15) is 0 Å². The standard InChI is InChI=1S/C35H51P/c1-3-5-6-7-8-9-10-11-12-13-14-24-32-36(31-4-2,33-25-18-15-19-26-33,34-27-20-16-21-28-34)35-29-22-17-23-30-35/h15-23,25-30H,3-14,24,31-32H2,1-2H3. The first kappa shape index (κ1) is 28.7. The van der Waals surface area contributed by atoms with E-state index >= 15 is 0 Å². The van der Waals surface area contributed by atoms with E-state index in [4.69, 9.17) is 0 Å².